The van der Waals surface area contributed by atoms with Gasteiger partial charge in [0.05, 0.1) is 0 Å². The third-order valence-corrected chi connectivity index (χ3v) is 3.92. The first-order valence-corrected chi connectivity index (χ1v) is 7.34. The number of aliphatic hydroxyl groups is 1. The Bertz CT molecular complexity index is 199. The highest BCUT2D eigenvalue weighted by atomic mass is 16.3. The molecule has 0 aromatic heterocycles. The van der Waals surface area contributed by atoms with Crippen LogP contribution in [0, 0.1) is 0 Å². The standard InChI is InChI=1S/C14H30N2O/c1-3-9-15-14(8-13-17)6-5-11-16(10-4-2)12-7-14/h15,17H,3-13H2,1-2H3. The number of nitrogens with zero attached hydrogens (tertiary/aromatic N) is 1. The lowest BCUT2D eigenvalue weighted by atomic mass is 9.87. The highest BCUT2D eigenvalue weighted by Gasteiger charge is 2.30. The Morgan fingerprint density at radius 2 is 2.00 bits per heavy atom. The molecular formula is C14H30N2O. The molecule has 1 saturated heterocycles. The van der Waals surface area contributed by atoms with Crippen LogP contribution in [0.3, 0.4) is 0 Å². The molecule has 0 aromatic carbocycles. The Morgan fingerprint density at radius 3 is 2.65 bits per heavy atom. The number of rotatable bonds is 7. The fourth-order valence-corrected chi connectivity index (χ4v) is 2.91. The Morgan fingerprint density at radius 1 is 1.18 bits per heavy atom. The first-order valence-electron chi connectivity index (χ1n) is 7.34. The quantitative estimate of drug-likeness (QED) is 0.717. The predicted molar refractivity (Wildman–Crippen MR) is 73.3 cm³/mol. The van der Waals surface area contributed by atoms with Crippen molar-refractivity contribution >= 4 is 0 Å². The topological polar surface area (TPSA) is 35.5 Å². The van der Waals surface area contributed by atoms with Crippen LogP contribution in [0.5, 0.6) is 0 Å². The minimum atomic E-state index is 0.202. The lowest BCUT2D eigenvalue weighted by Gasteiger charge is -2.34. The van der Waals surface area contributed by atoms with Gasteiger partial charge < -0.3 is 15.3 Å². The normalized spacial score (nSPS) is 27.0. The second-order valence-electron chi connectivity index (χ2n) is 5.38. The molecule has 0 radical (unpaired) electrons. The second kappa shape index (κ2) is 8.06. The van der Waals surface area contributed by atoms with Crippen molar-refractivity contribution in [2.75, 3.05) is 32.8 Å². The monoisotopic (exact) mass is 242 g/mol. The van der Waals surface area contributed by atoms with Crippen molar-refractivity contribution < 1.29 is 5.11 Å². The molecule has 1 fully saturated rings. The van der Waals surface area contributed by atoms with Crippen LogP contribution in [0.15, 0.2) is 0 Å². The predicted octanol–water partition coefficient (Wildman–Crippen LogP) is 2.00. The Labute approximate surface area is 107 Å². The molecule has 3 heteroatoms. The van der Waals surface area contributed by atoms with E-state index in [2.05, 4.69) is 24.1 Å². The third kappa shape index (κ3) is 4.94. The van der Waals surface area contributed by atoms with Gasteiger partial charge in [0.2, 0.25) is 0 Å². The second-order valence-corrected chi connectivity index (χ2v) is 5.38. The number of aliphatic hydroxyl groups excluding tert-OH is 1. The van der Waals surface area contributed by atoms with E-state index in [4.69, 9.17) is 0 Å². The van der Waals surface area contributed by atoms with Crippen molar-refractivity contribution in [2.24, 2.45) is 0 Å². The number of nitrogens with one attached hydrogen (secondary N) is 1. The molecule has 0 spiro atoms. The van der Waals surface area contributed by atoms with Gasteiger partial charge >= 0.3 is 0 Å². The van der Waals surface area contributed by atoms with E-state index in [1.165, 1.54) is 51.7 Å². The Balaban J connectivity index is 2.52. The van der Waals surface area contributed by atoms with Crippen LogP contribution in [0.25, 0.3) is 0 Å². The van der Waals surface area contributed by atoms with Gasteiger partial charge in [-0.05, 0) is 64.7 Å². The smallest absolute Gasteiger partial charge is 0.0448 e. The number of hydrogen-bond donors (Lipinski definition) is 2. The summed E-state index contributed by atoms with van der Waals surface area (Å²) >= 11 is 0. The molecule has 3 nitrogen and oxygen atoms in total. The van der Waals surface area contributed by atoms with Crippen LogP contribution in [-0.2, 0) is 0 Å². The van der Waals surface area contributed by atoms with Gasteiger partial charge in [-0.2, -0.15) is 0 Å². The van der Waals surface area contributed by atoms with Gasteiger partial charge in [0.25, 0.3) is 0 Å². The largest absolute Gasteiger partial charge is 0.396 e. The highest BCUT2D eigenvalue weighted by molar-refractivity contribution is 4.91. The maximum Gasteiger partial charge on any atom is 0.0448 e. The van der Waals surface area contributed by atoms with E-state index in [0.717, 1.165) is 13.0 Å². The maximum absolute atomic E-state index is 9.29. The first-order chi connectivity index (χ1) is 8.26. The maximum atomic E-state index is 9.29. The fourth-order valence-electron chi connectivity index (χ4n) is 2.91. The van der Waals surface area contributed by atoms with E-state index in [0.29, 0.717) is 6.61 Å². The molecule has 1 rings (SSSR count). The van der Waals surface area contributed by atoms with Crippen LogP contribution < -0.4 is 5.32 Å². The lowest BCUT2D eigenvalue weighted by Crippen LogP contribution is -2.47. The van der Waals surface area contributed by atoms with Crippen LogP contribution in [0.4, 0.5) is 0 Å². The molecule has 1 aliphatic heterocycles. The molecule has 0 saturated carbocycles. The van der Waals surface area contributed by atoms with Crippen LogP contribution in [0.1, 0.15) is 52.4 Å². The van der Waals surface area contributed by atoms with Crippen molar-refractivity contribution in [1.82, 2.24) is 10.2 Å². The summed E-state index contributed by atoms with van der Waals surface area (Å²) in [4.78, 5) is 2.58. The zero-order chi connectivity index (χ0) is 12.6. The molecule has 102 valence electrons. The van der Waals surface area contributed by atoms with Crippen molar-refractivity contribution in [2.45, 2.75) is 57.9 Å². The number of hydrogen-bond acceptors (Lipinski definition) is 3. The first kappa shape index (κ1) is 14.9. The van der Waals surface area contributed by atoms with Crippen molar-refractivity contribution in [3.63, 3.8) is 0 Å². The van der Waals surface area contributed by atoms with Gasteiger partial charge in [-0.15, -0.1) is 0 Å². The van der Waals surface area contributed by atoms with Gasteiger partial charge in [-0.25, -0.2) is 0 Å². The molecule has 1 heterocycles. The summed E-state index contributed by atoms with van der Waals surface area (Å²) in [7, 11) is 0. The van der Waals surface area contributed by atoms with E-state index in [1.807, 2.05) is 0 Å². The molecule has 0 amide bonds. The van der Waals surface area contributed by atoms with Crippen molar-refractivity contribution in [1.29, 1.82) is 0 Å². The van der Waals surface area contributed by atoms with E-state index < -0.39 is 0 Å². The molecule has 2 N–H and O–H groups in total. The van der Waals surface area contributed by atoms with Gasteiger partial charge in [-0.3, -0.25) is 0 Å². The zero-order valence-electron chi connectivity index (χ0n) is 11.7. The van der Waals surface area contributed by atoms with Crippen LogP contribution in [-0.4, -0.2) is 48.3 Å². The summed E-state index contributed by atoms with van der Waals surface area (Å²) in [5.41, 5.74) is 0.202. The Kier molecular flexibility index (Phi) is 7.09. The third-order valence-electron chi connectivity index (χ3n) is 3.92. The average molecular weight is 242 g/mol. The van der Waals surface area contributed by atoms with E-state index in [1.54, 1.807) is 0 Å². The van der Waals surface area contributed by atoms with E-state index >= 15 is 0 Å². The van der Waals surface area contributed by atoms with Gasteiger partial charge in [0, 0.05) is 12.1 Å². The summed E-state index contributed by atoms with van der Waals surface area (Å²) in [5, 5.41) is 13.0. The van der Waals surface area contributed by atoms with Crippen LogP contribution in [0.2, 0.25) is 0 Å². The molecule has 17 heavy (non-hydrogen) atoms. The van der Waals surface area contributed by atoms with Gasteiger partial charge in [0.1, 0.15) is 0 Å². The van der Waals surface area contributed by atoms with E-state index in [-0.39, 0.29) is 5.54 Å². The summed E-state index contributed by atoms with van der Waals surface area (Å²) in [6.07, 6.45) is 6.99. The number of likely N-dealkylation sites (tertiary alicyclic amines) is 1. The van der Waals surface area contributed by atoms with Crippen molar-refractivity contribution in [3.8, 4) is 0 Å². The summed E-state index contributed by atoms with van der Waals surface area (Å²) in [6.45, 7) is 9.49. The summed E-state index contributed by atoms with van der Waals surface area (Å²) < 4.78 is 0. The lowest BCUT2D eigenvalue weighted by molar-refractivity contribution is 0.188. The zero-order valence-corrected chi connectivity index (χ0v) is 11.7. The van der Waals surface area contributed by atoms with Crippen LogP contribution >= 0.6 is 0 Å². The highest BCUT2D eigenvalue weighted by Crippen LogP contribution is 2.25. The molecular weight excluding hydrogens is 212 g/mol. The molecule has 0 aliphatic carbocycles. The fraction of sp³-hybridized carbons (Fsp3) is 1.00. The summed E-state index contributed by atoms with van der Waals surface area (Å²) in [6, 6.07) is 0. The van der Waals surface area contributed by atoms with E-state index in [9.17, 15) is 5.11 Å². The molecule has 0 bridgehead atoms. The molecule has 1 aliphatic rings. The van der Waals surface area contributed by atoms with Crippen molar-refractivity contribution in [3.05, 3.63) is 0 Å². The molecule has 1 atom stereocenters. The molecule has 0 aromatic rings. The van der Waals surface area contributed by atoms with Gasteiger partial charge in [-0.1, -0.05) is 13.8 Å². The average Bonchev–Trinajstić information content (AvgIpc) is 2.52. The molecule has 1 unspecified atom stereocenters. The Hall–Kier alpha value is -0.120. The minimum Gasteiger partial charge on any atom is -0.396 e. The SMILES string of the molecule is CCCNC1(CCO)CCCN(CCC)CC1. The minimum absolute atomic E-state index is 0.202. The van der Waals surface area contributed by atoms with Gasteiger partial charge in [0.15, 0.2) is 0 Å². The summed E-state index contributed by atoms with van der Waals surface area (Å²) in [5.74, 6) is 0.